The van der Waals surface area contributed by atoms with Gasteiger partial charge in [-0.25, -0.2) is 0 Å². The summed E-state index contributed by atoms with van der Waals surface area (Å²) in [6, 6.07) is 11.5. The van der Waals surface area contributed by atoms with E-state index in [1.54, 1.807) is 0 Å². The van der Waals surface area contributed by atoms with Gasteiger partial charge in [-0.15, -0.1) is 0 Å². The fourth-order valence-corrected chi connectivity index (χ4v) is 2.46. The molecule has 0 saturated heterocycles. The molecule has 2 heteroatoms. The van der Waals surface area contributed by atoms with Gasteiger partial charge in [-0.3, -0.25) is 0 Å². The molecule has 1 aliphatic carbocycles. The molecule has 2 nitrogen and oxygen atoms in total. The molecule has 1 aromatic carbocycles. The minimum Gasteiger partial charge on any atom is -0.377 e. The van der Waals surface area contributed by atoms with Crippen molar-refractivity contribution < 1.29 is 4.74 Å². The summed E-state index contributed by atoms with van der Waals surface area (Å²) in [5.74, 6) is 0.760. The van der Waals surface area contributed by atoms with Crippen LogP contribution in [0.2, 0.25) is 0 Å². The van der Waals surface area contributed by atoms with Gasteiger partial charge in [0.2, 0.25) is 0 Å². The molecule has 1 aliphatic rings. The third kappa shape index (κ3) is 3.55. The van der Waals surface area contributed by atoms with Gasteiger partial charge in [-0.05, 0) is 38.2 Å². The quantitative estimate of drug-likeness (QED) is 0.815. The maximum atomic E-state index is 5.51. The Morgan fingerprint density at radius 1 is 1.29 bits per heavy atom. The number of nitrogens with one attached hydrogen (secondary N) is 1. The molecule has 0 amide bonds. The van der Waals surface area contributed by atoms with Crippen molar-refractivity contribution in [2.24, 2.45) is 0 Å². The zero-order chi connectivity index (χ0) is 12.1. The summed E-state index contributed by atoms with van der Waals surface area (Å²) in [6.07, 6.45) is 2.86. The highest BCUT2D eigenvalue weighted by molar-refractivity contribution is 5.22. The van der Waals surface area contributed by atoms with Crippen LogP contribution in [-0.4, -0.2) is 25.3 Å². The number of ether oxygens (including phenoxy) is 1. The molecule has 1 fully saturated rings. The monoisotopic (exact) mass is 233 g/mol. The molecule has 0 aromatic heterocycles. The second kappa shape index (κ2) is 6.18. The first-order chi connectivity index (χ1) is 8.29. The Bertz CT molecular complexity index is 319. The van der Waals surface area contributed by atoms with Crippen LogP contribution in [-0.2, 0) is 4.74 Å². The van der Waals surface area contributed by atoms with Crippen LogP contribution in [0.25, 0.3) is 0 Å². The van der Waals surface area contributed by atoms with Crippen molar-refractivity contribution in [2.45, 2.75) is 44.8 Å². The largest absolute Gasteiger partial charge is 0.377 e. The lowest BCUT2D eigenvalue weighted by atomic mass is 9.76. The van der Waals surface area contributed by atoms with E-state index >= 15 is 0 Å². The van der Waals surface area contributed by atoms with Gasteiger partial charge in [-0.2, -0.15) is 0 Å². The maximum Gasteiger partial charge on any atom is 0.0671 e. The van der Waals surface area contributed by atoms with E-state index in [0.29, 0.717) is 12.1 Å². The maximum absolute atomic E-state index is 5.51. The van der Waals surface area contributed by atoms with Gasteiger partial charge in [0.1, 0.15) is 0 Å². The third-order valence-electron chi connectivity index (χ3n) is 3.55. The molecular weight excluding hydrogens is 210 g/mol. The SMILES string of the molecule is CCOC(C)CNC1CC(c2ccccc2)C1. The van der Waals surface area contributed by atoms with E-state index in [0.717, 1.165) is 19.1 Å². The Balaban J connectivity index is 1.66. The summed E-state index contributed by atoms with van der Waals surface area (Å²) in [7, 11) is 0. The van der Waals surface area contributed by atoms with Crippen molar-refractivity contribution >= 4 is 0 Å². The topological polar surface area (TPSA) is 21.3 Å². The van der Waals surface area contributed by atoms with Crippen LogP contribution in [0.1, 0.15) is 38.2 Å². The number of hydrogen-bond donors (Lipinski definition) is 1. The molecule has 94 valence electrons. The molecule has 0 radical (unpaired) electrons. The van der Waals surface area contributed by atoms with E-state index in [-0.39, 0.29) is 0 Å². The van der Waals surface area contributed by atoms with Crippen LogP contribution in [0.15, 0.2) is 30.3 Å². The predicted octanol–water partition coefficient (Wildman–Crippen LogP) is 2.95. The van der Waals surface area contributed by atoms with Crippen LogP contribution in [0.3, 0.4) is 0 Å². The third-order valence-corrected chi connectivity index (χ3v) is 3.55. The van der Waals surface area contributed by atoms with Crippen LogP contribution < -0.4 is 5.32 Å². The van der Waals surface area contributed by atoms with Crippen molar-refractivity contribution in [3.8, 4) is 0 Å². The summed E-state index contributed by atoms with van der Waals surface area (Å²) < 4.78 is 5.51. The molecule has 17 heavy (non-hydrogen) atoms. The normalized spacial score (nSPS) is 25.3. The lowest BCUT2D eigenvalue weighted by Gasteiger charge is -2.37. The van der Waals surface area contributed by atoms with Gasteiger partial charge in [0, 0.05) is 19.2 Å². The van der Waals surface area contributed by atoms with Gasteiger partial charge in [0.25, 0.3) is 0 Å². The molecule has 0 bridgehead atoms. The zero-order valence-electron chi connectivity index (χ0n) is 10.9. The first kappa shape index (κ1) is 12.6. The Hall–Kier alpha value is -0.860. The van der Waals surface area contributed by atoms with Gasteiger partial charge in [0.05, 0.1) is 6.10 Å². The average molecular weight is 233 g/mol. The fourth-order valence-electron chi connectivity index (χ4n) is 2.46. The van der Waals surface area contributed by atoms with E-state index in [1.165, 1.54) is 18.4 Å². The Kier molecular flexibility index (Phi) is 4.57. The number of benzene rings is 1. The smallest absolute Gasteiger partial charge is 0.0671 e. The van der Waals surface area contributed by atoms with Crippen molar-refractivity contribution in [2.75, 3.05) is 13.2 Å². The van der Waals surface area contributed by atoms with E-state index in [1.807, 2.05) is 6.92 Å². The molecule has 1 atom stereocenters. The second-order valence-electron chi connectivity index (χ2n) is 4.95. The van der Waals surface area contributed by atoms with Crippen molar-refractivity contribution in [1.82, 2.24) is 5.32 Å². The molecule has 0 aliphatic heterocycles. The van der Waals surface area contributed by atoms with Crippen LogP contribution in [0.5, 0.6) is 0 Å². The first-order valence-corrected chi connectivity index (χ1v) is 6.69. The summed E-state index contributed by atoms with van der Waals surface area (Å²) >= 11 is 0. The lowest BCUT2D eigenvalue weighted by molar-refractivity contribution is 0.0702. The van der Waals surface area contributed by atoms with Gasteiger partial charge in [-0.1, -0.05) is 30.3 Å². The average Bonchev–Trinajstić information content (AvgIpc) is 2.28. The first-order valence-electron chi connectivity index (χ1n) is 6.69. The molecule has 1 unspecified atom stereocenters. The van der Waals surface area contributed by atoms with E-state index in [2.05, 4.69) is 42.6 Å². The molecular formula is C15H23NO. The molecule has 1 aromatic rings. The lowest BCUT2D eigenvalue weighted by Crippen LogP contribution is -2.43. The Morgan fingerprint density at radius 2 is 2.00 bits per heavy atom. The van der Waals surface area contributed by atoms with Crippen molar-refractivity contribution in [3.63, 3.8) is 0 Å². The Labute approximate surface area is 104 Å². The molecule has 2 rings (SSSR count). The minimum atomic E-state index is 0.329. The van der Waals surface area contributed by atoms with E-state index < -0.39 is 0 Å². The van der Waals surface area contributed by atoms with E-state index in [4.69, 9.17) is 4.74 Å². The van der Waals surface area contributed by atoms with Crippen LogP contribution in [0, 0.1) is 0 Å². The van der Waals surface area contributed by atoms with Crippen LogP contribution >= 0.6 is 0 Å². The molecule has 1 N–H and O–H groups in total. The second-order valence-corrected chi connectivity index (χ2v) is 4.95. The van der Waals surface area contributed by atoms with Crippen LogP contribution in [0.4, 0.5) is 0 Å². The van der Waals surface area contributed by atoms with Gasteiger partial charge >= 0.3 is 0 Å². The predicted molar refractivity (Wildman–Crippen MR) is 71.3 cm³/mol. The summed E-state index contributed by atoms with van der Waals surface area (Å²) in [5, 5.41) is 3.58. The zero-order valence-corrected chi connectivity index (χ0v) is 10.9. The Morgan fingerprint density at radius 3 is 2.65 bits per heavy atom. The van der Waals surface area contributed by atoms with Crippen molar-refractivity contribution in [3.05, 3.63) is 35.9 Å². The van der Waals surface area contributed by atoms with Crippen molar-refractivity contribution in [1.29, 1.82) is 0 Å². The minimum absolute atomic E-state index is 0.329. The summed E-state index contributed by atoms with van der Waals surface area (Å²) in [4.78, 5) is 0. The number of hydrogen-bond acceptors (Lipinski definition) is 2. The molecule has 0 spiro atoms. The number of rotatable bonds is 6. The summed E-state index contributed by atoms with van der Waals surface area (Å²) in [6.45, 7) is 5.95. The van der Waals surface area contributed by atoms with Gasteiger partial charge in [0.15, 0.2) is 0 Å². The van der Waals surface area contributed by atoms with E-state index in [9.17, 15) is 0 Å². The van der Waals surface area contributed by atoms with Gasteiger partial charge < -0.3 is 10.1 Å². The standard InChI is InChI=1S/C15H23NO/c1-3-17-12(2)11-16-15-9-14(10-15)13-7-5-4-6-8-13/h4-8,12,14-16H,3,9-11H2,1-2H3. The highest BCUT2D eigenvalue weighted by Crippen LogP contribution is 2.36. The highest BCUT2D eigenvalue weighted by Gasteiger charge is 2.29. The molecule has 0 heterocycles. The fraction of sp³-hybridized carbons (Fsp3) is 0.600. The summed E-state index contributed by atoms with van der Waals surface area (Å²) in [5.41, 5.74) is 1.49. The molecule has 1 saturated carbocycles. The highest BCUT2D eigenvalue weighted by atomic mass is 16.5.